The molecule has 0 unspecified atom stereocenters. The maximum atomic E-state index is 12.4. The number of halogens is 7. The van der Waals surface area contributed by atoms with Gasteiger partial charge < -0.3 is 4.74 Å². The van der Waals surface area contributed by atoms with Crippen molar-refractivity contribution in [3.05, 3.63) is 20.4 Å². The van der Waals surface area contributed by atoms with E-state index in [-0.39, 0.29) is 48.1 Å². The Bertz CT molecular complexity index is 1120. The first-order chi connectivity index (χ1) is 18.4. The first kappa shape index (κ1) is 39.6. The van der Waals surface area contributed by atoms with E-state index in [0.29, 0.717) is 19.4 Å². The molecule has 0 bridgehead atoms. The molecule has 0 heterocycles. The zero-order chi connectivity index (χ0) is 32.7. The van der Waals surface area contributed by atoms with Crippen molar-refractivity contribution in [2.45, 2.75) is 52.4 Å². The van der Waals surface area contributed by atoms with Gasteiger partial charge in [0.05, 0.1) is 34.8 Å². The summed E-state index contributed by atoms with van der Waals surface area (Å²) in [7, 11) is -4.01. The molecule has 240 valence electrons. The normalized spacial score (nSPS) is 12.1. The van der Waals surface area contributed by atoms with Crippen molar-refractivity contribution in [3.63, 3.8) is 0 Å². The zero-order valence-electron chi connectivity index (χ0n) is 23.4. The third-order valence-electron chi connectivity index (χ3n) is 4.11. The van der Waals surface area contributed by atoms with Crippen LogP contribution in [0, 0.1) is 0 Å². The Morgan fingerprint density at radius 3 is 1.68 bits per heavy atom. The number of anilines is 1. The second-order valence-electron chi connectivity index (χ2n) is 8.69. The van der Waals surface area contributed by atoms with Crippen molar-refractivity contribution in [1.82, 2.24) is 21.2 Å². The molecule has 0 aliphatic carbocycles. The number of ether oxygens (including phenoxy) is 1. The monoisotopic (exact) mass is 632 g/mol. The number of hydrazine groups is 2. The fourth-order valence-corrected chi connectivity index (χ4v) is 2.33. The number of rotatable bonds is 11. The van der Waals surface area contributed by atoms with Crippen LogP contribution in [0.5, 0.6) is 5.75 Å². The molecule has 12 nitrogen and oxygen atoms in total. The Morgan fingerprint density at radius 1 is 0.854 bits per heavy atom. The van der Waals surface area contributed by atoms with Crippen LogP contribution in [-0.4, -0.2) is 68.1 Å². The van der Waals surface area contributed by atoms with Gasteiger partial charge in [0, 0.05) is 19.8 Å². The quantitative estimate of drug-likeness (QED) is 0.0335. The summed E-state index contributed by atoms with van der Waals surface area (Å²) >= 11 is 0. The van der Waals surface area contributed by atoms with Crippen molar-refractivity contribution in [2.75, 3.05) is 40.2 Å². The Morgan fingerprint density at radius 2 is 1.32 bits per heavy atom. The molecule has 0 atom stereocenters. The van der Waals surface area contributed by atoms with E-state index in [4.69, 9.17) is 4.74 Å². The van der Waals surface area contributed by atoms with Crippen LogP contribution in [0.15, 0.2) is 9.59 Å². The SMILES string of the molecule is CCCCOc1c(NNC(=O)CCCCC(=O)NNC(C)=O)c(=O)c1=O.CN(C)C(F)=[N+](C)C.F[P-](F)(F)(F)(F)F. The number of amidine groups is 1. The summed E-state index contributed by atoms with van der Waals surface area (Å²) < 4.78 is 78.3. The molecule has 0 saturated carbocycles. The Kier molecular flexibility index (Phi) is 15.5. The minimum absolute atomic E-state index is 0.0471. The van der Waals surface area contributed by atoms with Gasteiger partial charge in [-0.1, -0.05) is 13.3 Å². The number of nitrogens with one attached hydrogen (secondary N) is 4. The molecular formula is C21H36F7N6O6P. The van der Waals surface area contributed by atoms with Crippen LogP contribution in [0.4, 0.5) is 35.3 Å². The molecule has 1 rings (SSSR count). The van der Waals surface area contributed by atoms with E-state index in [0.717, 1.165) is 12.8 Å². The molecule has 0 aliphatic heterocycles. The second-order valence-corrected chi connectivity index (χ2v) is 10.6. The molecule has 1 aromatic rings. The van der Waals surface area contributed by atoms with E-state index < -0.39 is 18.7 Å². The number of hydrogen-bond donors (Lipinski definition) is 4. The topological polar surface area (TPSA) is 149 Å². The Labute approximate surface area is 231 Å². The van der Waals surface area contributed by atoms with E-state index in [1.165, 1.54) is 16.4 Å². The van der Waals surface area contributed by atoms with Gasteiger partial charge in [0.1, 0.15) is 0 Å². The van der Waals surface area contributed by atoms with Gasteiger partial charge in [-0.15, -0.1) is 4.39 Å². The summed E-state index contributed by atoms with van der Waals surface area (Å²) in [6.45, 7) is 3.56. The van der Waals surface area contributed by atoms with E-state index in [2.05, 4.69) is 21.7 Å². The molecule has 3 amide bonds. The van der Waals surface area contributed by atoms with E-state index >= 15 is 0 Å². The second kappa shape index (κ2) is 16.1. The summed E-state index contributed by atoms with van der Waals surface area (Å²) in [5.41, 5.74) is 7.65. The summed E-state index contributed by atoms with van der Waals surface area (Å²) in [5, 5.41) is 0. The number of unbranched alkanes of at least 4 members (excludes halogenated alkanes) is 2. The number of hydrogen-bond acceptors (Lipinski definition) is 7. The molecule has 4 N–H and O–H groups in total. The average molecular weight is 633 g/mol. The van der Waals surface area contributed by atoms with Crippen molar-refractivity contribution in [1.29, 1.82) is 0 Å². The number of carbonyl (C=O) groups excluding carboxylic acids is 3. The van der Waals surface area contributed by atoms with Crippen LogP contribution in [-0.2, 0) is 14.4 Å². The molecule has 41 heavy (non-hydrogen) atoms. The van der Waals surface area contributed by atoms with Crippen molar-refractivity contribution < 1.29 is 53.3 Å². The van der Waals surface area contributed by atoms with Crippen molar-refractivity contribution in [2.24, 2.45) is 0 Å². The van der Waals surface area contributed by atoms with Gasteiger partial charge in [0.25, 0.3) is 10.9 Å². The van der Waals surface area contributed by atoms with Crippen LogP contribution in [0.2, 0.25) is 0 Å². The van der Waals surface area contributed by atoms with Crippen molar-refractivity contribution >= 4 is 37.3 Å². The van der Waals surface area contributed by atoms with Gasteiger partial charge in [0.15, 0.2) is 11.4 Å². The number of amides is 3. The predicted molar refractivity (Wildman–Crippen MR) is 139 cm³/mol. The van der Waals surface area contributed by atoms with Gasteiger partial charge in [-0.25, -0.2) is 9.48 Å². The predicted octanol–water partition coefficient (Wildman–Crippen LogP) is 3.16. The van der Waals surface area contributed by atoms with Gasteiger partial charge in [0.2, 0.25) is 17.7 Å². The molecule has 20 heteroatoms. The molecule has 1 aromatic carbocycles. The summed E-state index contributed by atoms with van der Waals surface area (Å²) in [4.78, 5) is 58.0. The first-order valence-corrected chi connectivity index (χ1v) is 13.9. The molecule has 0 fully saturated rings. The minimum atomic E-state index is -10.7. The third-order valence-corrected chi connectivity index (χ3v) is 4.11. The molecule has 0 aromatic heterocycles. The van der Waals surface area contributed by atoms with Crippen LogP contribution in [0.1, 0.15) is 52.4 Å². The zero-order valence-corrected chi connectivity index (χ0v) is 24.3. The standard InChI is InChI=1S/C16H24N4O6.C5H12FN2.F6P/c1-3-4-9-26-16-13(14(24)15(16)25)20-19-12(23)8-6-5-7-11(22)18-17-10(2)21;1-7(2)5(6)8(3)4;1-7(2,3,4,5)6/h20H,3-9H2,1-2H3,(H,17,21)(H,18,22)(H,19,23);1-4H3;/q;+1;-1. The van der Waals surface area contributed by atoms with Crippen LogP contribution >= 0.6 is 7.81 Å². The van der Waals surface area contributed by atoms with Crippen LogP contribution in [0.3, 0.4) is 0 Å². The van der Waals surface area contributed by atoms with E-state index in [1.807, 2.05) is 6.92 Å². The average Bonchev–Trinajstić information content (AvgIpc) is 2.81. The van der Waals surface area contributed by atoms with Gasteiger partial charge >= 0.3 is 39.1 Å². The molecule has 0 spiro atoms. The molecule has 0 saturated heterocycles. The van der Waals surface area contributed by atoms with Gasteiger partial charge in [-0.3, -0.25) is 45.7 Å². The molecule has 0 aliphatic rings. The Hall–Kier alpha value is -3.50. The Balaban J connectivity index is 0. The number of carbonyl (C=O) groups is 3. The molecular weight excluding hydrogens is 596 g/mol. The van der Waals surface area contributed by atoms with Gasteiger partial charge in [-0.2, -0.15) is 0 Å². The summed E-state index contributed by atoms with van der Waals surface area (Å²) in [5.74, 6) is -1.17. The van der Waals surface area contributed by atoms with E-state index in [9.17, 15) is 53.5 Å². The summed E-state index contributed by atoms with van der Waals surface area (Å²) in [6.07, 6.45) is 2.58. The molecule has 0 radical (unpaired) electrons. The van der Waals surface area contributed by atoms with Crippen LogP contribution < -0.4 is 37.3 Å². The fraction of sp³-hybridized carbons (Fsp3) is 0.619. The van der Waals surface area contributed by atoms with Gasteiger partial charge in [-0.05, 0) is 19.3 Å². The fourth-order valence-electron chi connectivity index (χ4n) is 2.33. The van der Waals surface area contributed by atoms with Crippen LogP contribution in [0.25, 0.3) is 0 Å². The van der Waals surface area contributed by atoms with Crippen molar-refractivity contribution in [3.8, 4) is 5.75 Å². The maximum absolute atomic E-state index is 12.4. The number of nitrogens with zero attached hydrogens (tertiary/aromatic N) is 2. The third kappa shape index (κ3) is 24.1. The first-order valence-electron chi connectivity index (χ1n) is 11.9. The summed E-state index contributed by atoms with van der Waals surface area (Å²) in [6, 6.07) is 0. The van der Waals surface area contributed by atoms with E-state index in [1.54, 1.807) is 28.2 Å².